The Morgan fingerprint density at radius 1 is 1.14 bits per heavy atom. The van der Waals surface area contributed by atoms with Crippen LogP contribution in [0.1, 0.15) is 29.3 Å². The second-order valence-electron chi connectivity index (χ2n) is 4.96. The van der Waals surface area contributed by atoms with Crippen molar-refractivity contribution in [2.24, 2.45) is 5.73 Å². The molecule has 0 saturated heterocycles. The van der Waals surface area contributed by atoms with Gasteiger partial charge in [0.2, 0.25) is 0 Å². The summed E-state index contributed by atoms with van der Waals surface area (Å²) in [6.45, 7) is 0.970. The highest BCUT2D eigenvalue weighted by atomic mass is 19.3. The lowest BCUT2D eigenvalue weighted by molar-refractivity contribution is 0.151. The van der Waals surface area contributed by atoms with E-state index in [1.54, 1.807) is 12.3 Å². The molecule has 0 bridgehead atoms. The molecule has 5 heteroatoms. The summed E-state index contributed by atoms with van der Waals surface area (Å²) in [7, 11) is 1.92. The second kappa shape index (κ2) is 7.24. The van der Waals surface area contributed by atoms with E-state index in [0.717, 1.165) is 11.3 Å². The van der Waals surface area contributed by atoms with E-state index >= 15 is 0 Å². The van der Waals surface area contributed by atoms with Crippen molar-refractivity contribution < 1.29 is 8.78 Å². The van der Waals surface area contributed by atoms with Gasteiger partial charge in [0, 0.05) is 30.9 Å². The topological polar surface area (TPSA) is 42.2 Å². The summed E-state index contributed by atoms with van der Waals surface area (Å²) >= 11 is 0. The lowest BCUT2D eigenvalue weighted by Crippen LogP contribution is -2.30. The van der Waals surface area contributed by atoms with E-state index in [-0.39, 0.29) is 11.6 Å². The van der Waals surface area contributed by atoms with Crippen molar-refractivity contribution in [1.29, 1.82) is 0 Å². The van der Waals surface area contributed by atoms with Crippen LogP contribution in [-0.2, 0) is 6.54 Å². The number of pyridine rings is 1. The number of alkyl halides is 2. The van der Waals surface area contributed by atoms with Gasteiger partial charge in [0.1, 0.15) is 0 Å². The van der Waals surface area contributed by atoms with Gasteiger partial charge < -0.3 is 5.73 Å². The molecular formula is C16H19F2N3. The lowest BCUT2D eigenvalue weighted by Gasteiger charge is -2.27. The van der Waals surface area contributed by atoms with Crippen molar-refractivity contribution in [1.82, 2.24) is 9.88 Å². The molecule has 1 atom stereocenters. The van der Waals surface area contributed by atoms with E-state index in [4.69, 9.17) is 5.73 Å². The standard InChI is InChI=1S/C16H19F2N3/c1-21(11-14-7-2-3-8-20-14)15(10-19)12-5-4-6-13(9-12)16(17)18/h2-9,15-16H,10-11,19H2,1H3. The van der Waals surface area contributed by atoms with Gasteiger partial charge in [-0.15, -0.1) is 0 Å². The fourth-order valence-corrected chi connectivity index (χ4v) is 2.33. The first-order valence-corrected chi connectivity index (χ1v) is 6.80. The Balaban J connectivity index is 2.17. The zero-order chi connectivity index (χ0) is 15.2. The van der Waals surface area contributed by atoms with Gasteiger partial charge in [-0.2, -0.15) is 0 Å². The molecule has 0 amide bonds. The van der Waals surface area contributed by atoms with Crippen molar-refractivity contribution in [2.45, 2.75) is 19.0 Å². The highest BCUT2D eigenvalue weighted by molar-refractivity contribution is 5.27. The number of nitrogens with zero attached hydrogens (tertiary/aromatic N) is 2. The Morgan fingerprint density at radius 3 is 2.52 bits per heavy atom. The molecule has 1 unspecified atom stereocenters. The third kappa shape index (κ3) is 4.06. The Hall–Kier alpha value is -1.85. The van der Waals surface area contributed by atoms with E-state index in [1.165, 1.54) is 12.1 Å². The second-order valence-corrected chi connectivity index (χ2v) is 4.96. The third-order valence-electron chi connectivity index (χ3n) is 3.44. The molecule has 2 N–H and O–H groups in total. The molecule has 2 aromatic rings. The minimum absolute atomic E-state index is 0.0252. The molecule has 112 valence electrons. The molecule has 1 aromatic heterocycles. The van der Waals surface area contributed by atoms with Crippen molar-refractivity contribution in [2.75, 3.05) is 13.6 Å². The largest absolute Gasteiger partial charge is 0.329 e. The minimum atomic E-state index is -2.47. The predicted molar refractivity (Wildman–Crippen MR) is 78.9 cm³/mol. The molecule has 0 aliphatic heterocycles. The van der Waals surface area contributed by atoms with Crippen molar-refractivity contribution in [3.8, 4) is 0 Å². The van der Waals surface area contributed by atoms with Gasteiger partial charge >= 0.3 is 0 Å². The van der Waals surface area contributed by atoms with Gasteiger partial charge in [0.05, 0.1) is 5.69 Å². The van der Waals surface area contributed by atoms with E-state index in [9.17, 15) is 8.78 Å². The van der Waals surface area contributed by atoms with Crippen LogP contribution in [0.5, 0.6) is 0 Å². The number of likely N-dealkylation sites (N-methyl/N-ethyl adjacent to an activating group) is 1. The Kier molecular flexibility index (Phi) is 5.36. The van der Waals surface area contributed by atoms with Crippen LogP contribution in [0.4, 0.5) is 8.78 Å². The lowest BCUT2D eigenvalue weighted by atomic mass is 10.0. The van der Waals surface area contributed by atoms with Gasteiger partial charge in [-0.1, -0.05) is 24.3 Å². The maximum atomic E-state index is 12.8. The molecule has 21 heavy (non-hydrogen) atoms. The number of benzene rings is 1. The smallest absolute Gasteiger partial charge is 0.263 e. The fourth-order valence-electron chi connectivity index (χ4n) is 2.33. The maximum absolute atomic E-state index is 12.8. The van der Waals surface area contributed by atoms with Crippen LogP contribution >= 0.6 is 0 Å². The molecular weight excluding hydrogens is 272 g/mol. The SMILES string of the molecule is CN(Cc1ccccn1)C(CN)c1cccc(C(F)F)c1. The molecule has 1 aromatic carbocycles. The monoisotopic (exact) mass is 291 g/mol. The zero-order valence-corrected chi connectivity index (χ0v) is 11.9. The molecule has 1 heterocycles. The van der Waals surface area contributed by atoms with Crippen LogP contribution < -0.4 is 5.73 Å². The first kappa shape index (κ1) is 15.5. The quantitative estimate of drug-likeness (QED) is 0.889. The summed E-state index contributed by atoms with van der Waals surface area (Å²) in [5.74, 6) is 0. The first-order valence-electron chi connectivity index (χ1n) is 6.80. The van der Waals surface area contributed by atoms with Crippen molar-refractivity contribution in [3.05, 3.63) is 65.5 Å². The average Bonchev–Trinajstić information content (AvgIpc) is 2.49. The summed E-state index contributed by atoms with van der Waals surface area (Å²) in [6, 6.07) is 12.0. The number of halogens is 2. The molecule has 0 aliphatic rings. The van der Waals surface area contributed by atoms with Crippen LogP contribution in [0.3, 0.4) is 0 Å². The normalized spacial score (nSPS) is 12.9. The van der Waals surface area contributed by atoms with Gasteiger partial charge in [-0.25, -0.2) is 8.78 Å². The molecule has 0 radical (unpaired) electrons. The number of rotatable bonds is 6. The van der Waals surface area contributed by atoms with E-state index in [1.807, 2.05) is 36.2 Å². The molecule has 0 fully saturated rings. The highest BCUT2D eigenvalue weighted by Crippen LogP contribution is 2.25. The Labute approximate surface area is 123 Å². The van der Waals surface area contributed by atoms with E-state index < -0.39 is 6.43 Å². The van der Waals surface area contributed by atoms with Gasteiger partial charge in [-0.3, -0.25) is 9.88 Å². The molecule has 2 rings (SSSR count). The summed E-state index contributed by atoms with van der Waals surface area (Å²) < 4.78 is 25.6. The Morgan fingerprint density at radius 2 is 1.90 bits per heavy atom. The van der Waals surface area contributed by atoms with Crippen LogP contribution in [0.25, 0.3) is 0 Å². The summed E-state index contributed by atoms with van der Waals surface area (Å²) in [4.78, 5) is 6.29. The number of nitrogens with two attached hydrogens (primary N) is 1. The van der Waals surface area contributed by atoms with Gasteiger partial charge in [0.25, 0.3) is 6.43 Å². The van der Waals surface area contributed by atoms with Crippen molar-refractivity contribution >= 4 is 0 Å². The van der Waals surface area contributed by atoms with Crippen molar-refractivity contribution in [3.63, 3.8) is 0 Å². The molecule has 0 spiro atoms. The fraction of sp³-hybridized carbons (Fsp3) is 0.312. The van der Waals surface area contributed by atoms with Crippen LogP contribution in [-0.4, -0.2) is 23.5 Å². The van der Waals surface area contributed by atoms with Gasteiger partial charge in [-0.05, 0) is 30.8 Å². The van der Waals surface area contributed by atoms with Crippen LogP contribution in [0.15, 0.2) is 48.7 Å². The summed E-state index contributed by atoms with van der Waals surface area (Å²) in [5, 5.41) is 0. The third-order valence-corrected chi connectivity index (χ3v) is 3.44. The zero-order valence-electron chi connectivity index (χ0n) is 11.9. The Bertz CT molecular complexity index is 560. The van der Waals surface area contributed by atoms with E-state index in [0.29, 0.717) is 13.1 Å². The molecule has 0 aliphatic carbocycles. The maximum Gasteiger partial charge on any atom is 0.263 e. The molecule has 0 saturated carbocycles. The highest BCUT2D eigenvalue weighted by Gasteiger charge is 2.18. The number of hydrogen-bond acceptors (Lipinski definition) is 3. The molecule has 3 nitrogen and oxygen atoms in total. The number of hydrogen-bond donors (Lipinski definition) is 1. The predicted octanol–water partition coefficient (Wildman–Crippen LogP) is 3.15. The number of aromatic nitrogens is 1. The summed E-state index contributed by atoms with van der Waals surface area (Å²) in [6.07, 6.45) is -0.734. The van der Waals surface area contributed by atoms with E-state index in [2.05, 4.69) is 4.98 Å². The summed E-state index contributed by atoms with van der Waals surface area (Å²) in [5.41, 5.74) is 7.58. The van der Waals surface area contributed by atoms with Crippen LogP contribution in [0, 0.1) is 0 Å². The van der Waals surface area contributed by atoms with Gasteiger partial charge in [0.15, 0.2) is 0 Å². The van der Waals surface area contributed by atoms with Crippen LogP contribution in [0.2, 0.25) is 0 Å². The average molecular weight is 291 g/mol. The first-order chi connectivity index (χ1) is 10.1. The minimum Gasteiger partial charge on any atom is -0.329 e.